The third kappa shape index (κ3) is 21.8. The standard InChI is InChI=1S/C25H46NO4P/c1-6-7-8-9-10-11-12-13-14-15-16-17-18-19-20-21-24(27)26-25(3,4)22-23(2)30-31(5,28)29/h10-11,13-14,16-17,23H,6-9,12,15,18-22H2,1-5H3,(H,26,27)(H,28,29)/b11-10-,14-13-,17-16-. The summed E-state index contributed by atoms with van der Waals surface area (Å²) < 4.78 is 16.4. The predicted molar refractivity (Wildman–Crippen MR) is 132 cm³/mol. The number of hydrogen-bond donors (Lipinski definition) is 2. The summed E-state index contributed by atoms with van der Waals surface area (Å²) in [6.07, 6.45) is 23.7. The molecule has 0 aromatic heterocycles. The van der Waals surface area contributed by atoms with Gasteiger partial charge in [0, 0.05) is 18.6 Å². The molecule has 2 atom stereocenters. The van der Waals surface area contributed by atoms with Crippen LogP contribution in [0.4, 0.5) is 0 Å². The largest absolute Gasteiger partial charge is 0.351 e. The molecule has 2 unspecified atom stereocenters. The molecule has 0 bridgehead atoms. The molecule has 0 aromatic rings. The van der Waals surface area contributed by atoms with Crippen LogP contribution in [0.1, 0.15) is 98.3 Å². The zero-order valence-electron chi connectivity index (χ0n) is 20.4. The van der Waals surface area contributed by atoms with Crippen molar-refractivity contribution in [2.45, 2.75) is 110 Å². The average molecular weight is 456 g/mol. The van der Waals surface area contributed by atoms with Gasteiger partial charge in [0.2, 0.25) is 5.91 Å². The van der Waals surface area contributed by atoms with E-state index in [0.29, 0.717) is 12.8 Å². The summed E-state index contributed by atoms with van der Waals surface area (Å²) in [5, 5.41) is 3.00. The number of hydrogen-bond acceptors (Lipinski definition) is 3. The van der Waals surface area contributed by atoms with Gasteiger partial charge in [-0.1, -0.05) is 56.2 Å². The van der Waals surface area contributed by atoms with E-state index in [-0.39, 0.29) is 5.91 Å². The highest BCUT2D eigenvalue weighted by molar-refractivity contribution is 7.51. The second kappa shape index (κ2) is 17.4. The van der Waals surface area contributed by atoms with E-state index in [1.54, 1.807) is 6.92 Å². The molecule has 0 fully saturated rings. The Labute approximate surface area is 191 Å². The number of unbranched alkanes of at least 4 members (excludes halogenated alkanes) is 5. The summed E-state index contributed by atoms with van der Waals surface area (Å²) in [7, 11) is -3.51. The normalized spacial score (nSPS) is 15.7. The molecule has 5 nitrogen and oxygen atoms in total. The van der Waals surface area contributed by atoms with Crippen LogP contribution in [0.2, 0.25) is 0 Å². The van der Waals surface area contributed by atoms with Gasteiger partial charge in [-0.25, -0.2) is 0 Å². The number of allylic oxidation sites excluding steroid dienone is 6. The average Bonchev–Trinajstić information content (AvgIpc) is 2.62. The Morgan fingerprint density at radius 3 is 2.03 bits per heavy atom. The summed E-state index contributed by atoms with van der Waals surface area (Å²) in [5.74, 6) is 0.00976. The Morgan fingerprint density at radius 1 is 1.00 bits per heavy atom. The van der Waals surface area contributed by atoms with Crippen molar-refractivity contribution in [2.24, 2.45) is 0 Å². The van der Waals surface area contributed by atoms with Crippen molar-refractivity contribution in [2.75, 3.05) is 6.66 Å². The maximum Gasteiger partial charge on any atom is 0.325 e. The second-order valence-corrected chi connectivity index (χ2v) is 10.8. The molecule has 0 aromatic carbocycles. The summed E-state index contributed by atoms with van der Waals surface area (Å²) in [6.45, 7) is 8.95. The monoisotopic (exact) mass is 455 g/mol. The van der Waals surface area contributed by atoms with Crippen LogP contribution in [0.3, 0.4) is 0 Å². The summed E-state index contributed by atoms with van der Waals surface area (Å²) in [4.78, 5) is 21.5. The summed E-state index contributed by atoms with van der Waals surface area (Å²) >= 11 is 0. The number of carbonyl (C=O) groups excluding carboxylic acids is 1. The highest BCUT2D eigenvalue weighted by Gasteiger charge is 2.26. The van der Waals surface area contributed by atoms with Gasteiger partial charge in [-0.15, -0.1) is 0 Å². The van der Waals surface area contributed by atoms with Gasteiger partial charge >= 0.3 is 7.60 Å². The van der Waals surface area contributed by atoms with Crippen LogP contribution in [0, 0.1) is 0 Å². The van der Waals surface area contributed by atoms with Crippen LogP contribution in [0.5, 0.6) is 0 Å². The van der Waals surface area contributed by atoms with Gasteiger partial charge in [0.25, 0.3) is 0 Å². The molecule has 31 heavy (non-hydrogen) atoms. The van der Waals surface area contributed by atoms with Crippen molar-refractivity contribution in [3.8, 4) is 0 Å². The maximum absolute atomic E-state index is 12.2. The lowest BCUT2D eigenvalue weighted by atomic mass is 9.97. The zero-order valence-corrected chi connectivity index (χ0v) is 21.3. The van der Waals surface area contributed by atoms with Gasteiger partial charge in [-0.3, -0.25) is 9.36 Å². The third-order valence-corrected chi connectivity index (χ3v) is 5.45. The van der Waals surface area contributed by atoms with Crippen molar-refractivity contribution < 1.29 is 18.8 Å². The number of nitrogens with one attached hydrogen (secondary N) is 1. The molecule has 0 aliphatic heterocycles. The minimum Gasteiger partial charge on any atom is -0.351 e. The second-order valence-electron chi connectivity index (χ2n) is 8.98. The molecule has 0 heterocycles. The SMILES string of the molecule is CCCCC/C=C\C/C=C\C/C=C\CCCCC(=O)NC(C)(C)CC(C)OP(C)(=O)O. The molecule has 0 rings (SSSR count). The molecule has 0 spiro atoms. The van der Waals surface area contributed by atoms with Crippen molar-refractivity contribution >= 4 is 13.5 Å². The van der Waals surface area contributed by atoms with E-state index in [4.69, 9.17) is 4.52 Å². The number of amides is 1. The van der Waals surface area contributed by atoms with Gasteiger partial charge in [0.1, 0.15) is 0 Å². The first-order valence-electron chi connectivity index (χ1n) is 11.8. The van der Waals surface area contributed by atoms with Crippen LogP contribution in [-0.2, 0) is 13.9 Å². The molecule has 0 radical (unpaired) electrons. The topological polar surface area (TPSA) is 75.6 Å². The molecule has 1 amide bonds. The van der Waals surface area contributed by atoms with Crippen LogP contribution in [0.15, 0.2) is 36.5 Å². The highest BCUT2D eigenvalue weighted by Crippen LogP contribution is 2.39. The molecule has 0 aliphatic rings. The zero-order chi connectivity index (χ0) is 23.6. The molecule has 0 saturated carbocycles. The van der Waals surface area contributed by atoms with Crippen LogP contribution in [0.25, 0.3) is 0 Å². The fourth-order valence-electron chi connectivity index (χ4n) is 3.42. The Hall–Kier alpha value is -1.16. The lowest BCUT2D eigenvalue weighted by Gasteiger charge is -2.29. The van der Waals surface area contributed by atoms with Crippen molar-refractivity contribution in [3.63, 3.8) is 0 Å². The predicted octanol–water partition coefficient (Wildman–Crippen LogP) is 7.08. The van der Waals surface area contributed by atoms with Gasteiger partial charge < -0.3 is 14.7 Å². The Morgan fingerprint density at radius 2 is 1.52 bits per heavy atom. The maximum atomic E-state index is 12.2. The van der Waals surface area contributed by atoms with Crippen LogP contribution < -0.4 is 5.32 Å². The third-order valence-electron chi connectivity index (χ3n) is 4.69. The Balaban J connectivity index is 3.82. The minimum absolute atomic E-state index is 0.00976. The fourth-order valence-corrected chi connectivity index (χ4v) is 4.16. The van der Waals surface area contributed by atoms with Gasteiger partial charge in [-0.2, -0.15) is 0 Å². The van der Waals surface area contributed by atoms with E-state index < -0.39 is 19.2 Å². The highest BCUT2D eigenvalue weighted by atomic mass is 31.2. The number of rotatable bonds is 18. The molecular weight excluding hydrogens is 409 g/mol. The molecule has 2 N–H and O–H groups in total. The van der Waals surface area contributed by atoms with Gasteiger partial charge in [0.05, 0.1) is 6.10 Å². The van der Waals surface area contributed by atoms with E-state index >= 15 is 0 Å². The summed E-state index contributed by atoms with van der Waals surface area (Å²) in [6, 6.07) is 0. The molecule has 0 aliphatic carbocycles. The lowest BCUT2D eigenvalue weighted by Crippen LogP contribution is -2.45. The van der Waals surface area contributed by atoms with Gasteiger partial charge in [-0.05, 0) is 72.1 Å². The van der Waals surface area contributed by atoms with E-state index in [9.17, 15) is 14.3 Å². The van der Waals surface area contributed by atoms with E-state index in [2.05, 4.69) is 48.7 Å². The molecular formula is C25H46NO4P. The Kier molecular flexibility index (Phi) is 16.8. The smallest absolute Gasteiger partial charge is 0.325 e. The van der Waals surface area contributed by atoms with E-state index in [0.717, 1.165) is 32.1 Å². The Bertz CT molecular complexity index is 605. The van der Waals surface area contributed by atoms with Crippen molar-refractivity contribution in [1.29, 1.82) is 0 Å². The minimum atomic E-state index is -3.51. The first-order valence-corrected chi connectivity index (χ1v) is 13.8. The molecule has 180 valence electrons. The first kappa shape index (κ1) is 29.8. The van der Waals surface area contributed by atoms with E-state index in [1.807, 2.05) is 13.8 Å². The lowest BCUT2D eigenvalue weighted by molar-refractivity contribution is -0.123. The van der Waals surface area contributed by atoms with Crippen LogP contribution in [-0.4, -0.2) is 29.1 Å². The fraction of sp³-hybridized carbons (Fsp3) is 0.720. The van der Waals surface area contributed by atoms with Gasteiger partial charge in [0.15, 0.2) is 0 Å². The summed E-state index contributed by atoms with van der Waals surface area (Å²) in [5.41, 5.74) is -0.484. The van der Waals surface area contributed by atoms with Crippen molar-refractivity contribution in [1.82, 2.24) is 5.32 Å². The van der Waals surface area contributed by atoms with Crippen molar-refractivity contribution in [3.05, 3.63) is 36.5 Å². The van der Waals surface area contributed by atoms with E-state index in [1.165, 1.54) is 32.3 Å². The molecule has 6 heteroatoms. The first-order chi connectivity index (χ1) is 14.6. The quantitative estimate of drug-likeness (QED) is 0.131. The van der Waals surface area contributed by atoms with Crippen LogP contribution >= 0.6 is 7.60 Å². The number of carbonyl (C=O) groups is 1. The molecule has 0 saturated heterocycles.